The fourth-order valence-electron chi connectivity index (χ4n) is 2.36. The minimum Gasteiger partial charge on any atom is -0.393 e. The van der Waals surface area contributed by atoms with Gasteiger partial charge in [-0.15, -0.1) is 0 Å². The second-order valence-electron chi connectivity index (χ2n) is 5.35. The van der Waals surface area contributed by atoms with Crippen molar-refractivity contribution >= 4 is 0 Å². The lowest BCUT2D eigenvalue weighted by Crippen LogP contribution is -2.35. The third kappa shape index (κ3) is 5.22. The Morgan fingerprint density at radius 3 is 2.44 bits per heavy atom. The summed E-state index contributed by atoms with van der Waals surface area (Å²) >= 11 is 0. The molecule has 1 aliphatic carbocycles. The van der Waals surface area contributed by atoms with Crippen LogP contribution in [0.25, 0.3) is 0 Å². The van der Waals surface area contributed by atoms with Crippen LogP contribution in [-0.2, 0) is 14.2 Å². The van der Waals surface area contributed by atoms with E-state index < -0.39 is 0 Å². The first-order chi connectivity index (χ1) is 8.84. The van der Waals surface area contributed by atoms with Gasteiger partial charge < -0.3 is 19.3 Å². The Labute approximate surface area is 110 Å². The van der Waals surface area contributed by atoms with E-state index in [2.05, 4.69) is 0 Å². The van der Waals surface area contributed by atoms with Crippen molar-refractivity contribution in [3.8, 4) is 0 Å². The van der Waals surface area contributed by atoms with Gasteiger partial charge in [0.1, 0.15) is 0 Å². The third-order valence-electron chi connectivity index (χ3n) is 3.65. The summed E-state index contributed by atoms with van der Waals surface area (Å²) in [7, 11) is 0. The molecule has 1 aliphatic heterocycles. The third-order valence-corrected chi connectivity index (χ3v) is 3.65. The molecular weight excluding hydrogens is 232 g/mol. The summed E-state index contributed by atoms with van der Waals surface area (Å²) in [5.41, 5.74) is 0. The molecule has 2 rings (SSSR count). The van der Waals surface area contributed by atoms with Gasteiger partial charge in [0.2, 0.25) is 0 Å². The maximum absolute atomic E-state index is 9.11. The molecule has 1 atom stereocenters. The van der Waals surface area contributed by atoms with Crippen molar-refractivity contribution in [1.82, 2.24) is 0 Å². The molecule has 0 radical (unpaired) electrons. The van der Waals surface area contributed by atoms with Crippen molar-refractivity contribution in [2.45, 2.75) is 69.9 Å². The topological polar surface area (TPSA) is 47.9 Å². The van der Waals surface area contributed by atoms with E-state index in [1.54, 1.807) is 0 Å². The number of hydrogen-bond acceptors (Lipinski definition) is 4. The second kappa shape index (κ2) is 8.10. The highest BCUT2D eigenvalue weighted by Crippen LogP contribution is 2.23. The highest BCUT2D eigenvalue weighted by Gasteiger charge is 2.27. The van der Waals surface area contributed by atoms with E-state index in [1.165, 1.54) is 12.8 Å². The average Bonchev–Trinajstić information content (AvgIpc) is 2.36. The Hall–Kier alpha value is -0.160. The molecule has 4 heteroatoms. The summed E-state index contributed by atoms with van der Waals surface area (Å²) in [6.45, 7) is 2.47. The Morgan fingerprint density at radius 2 is 1.78 bits per heavy atom. The quantitative estimate of drug-likeness (QED) is 0.678. The van der Waals surface area contributed by atoms with Crippen LogP contribution in [0.3, 0.4) is 0 Å². The number of aliphatic hydroxyl groups excluding tert-OH is 1. The Bertz CT molecular complexity index is 210. The molecular formula is C14H26O4. The Morgan fingerprint density at radius 1 is 1.00 bits per heavy atom. The largest absolute Gasteiger partial charge is 0.393 e. The molecule has 1 unspecified atom stereocenters. The lowest BCUT2D eigenvalue weighted by Gasteiger charge is -2.31. The van der Waals surface area contributed by atoms with Crippen LogP contribution in [0.15, 0.2) is 0 Å². The maximum atomic E-state index is 9.11. The van der Waals surface area contributed by atoms with Crippen molar-refractivity contribution in [1.29, 1.82) is 0 Å². The predicted molar refractivity (Wildman–Crippen MR) is 68.4 cm³/mol. The number of unbranched alkanes of at least 4 members (excludes halogenated alkanes) is 2. The molecule has 18 heavy (non-hydrogen) atoms. The molecule has 2 fully saturated rings. The van der Waals surface area contributed by atoms with Crippen LogP contribution in [0.4, 0.5) is 0 Å². The molecule has 1 saturated carbocycles. The van der Waals surface area contributed by atoms with E-state index in [1.807, 2.05) is 0 Å². The van der Waals surface area contributed by atoms with E-state index in [-0.39, 0.29) is 12.4 Å². The summed E-state index contributed by atoms with van der Waals surface area (Å²) in [5.74, 6) is 0. The lowest BCUT2D eigenvalue weighted by atomic mass is 9.92. The molecule has 0 aromatic rings. The van der Waals surface area contributed by atoms with Crippen LogP contribution in [0.5, 0.6) is 0 Å². The molecule has 1 heterocycles. The van der Waals surface area contributed by atoms with Gasteiger partial charge in [-0.3, -0.25) is 0 Å². The lowest BCUT2D eigenvalue weighted by molar-refractivity contribution is -0.162. The van der Waals surface area contributed by atoms with Crippen molar-refractivity contribution in [2.75, 3.05) is 19.8 Å². The number of aliphatic hydroxyl groups is 1. The summed E-state index contributed by atoms with van der Waals surface area (Å²) in [5, 5.41) is 9.11. The average molecular weight is 258 g/mol. The first-order valence-corrected chi connectivity index (χ1v) is 7.37. The molecule has 0 spiro atoms. The molecule has 4 nitrogen and oxygen atoms in total. The standard InChI is InChI=1S/C14H26O4/c15-12-10-13(11-12)16-7-3-1-4-8-17-14-6-2-5-9-18-14/h12-15H,1-11H2/t12-,13-,14?. The molecule has 106 valence electrons. The molecule has 0 aromatic carbocycles. The predicted octanol–water partition coefficient (Wildman–Crippen LogP) is 2.24. The minimum absolute atomic E-state index is 0.0477. The first kappa shape index (κ1) is 14.3. The normalized spacial score (nSPS) is 32.2. The molecule has 1 saturated heterocycles. The monoisotopic (exact) mass is 258 g/mol. The fraction of sp³-hybridized carbons (Fsp3) is 1.00. The van der Waals surface area contributed by atoms with Gasteiger partial charge in [-0.1, -0.05) is 0 Å². The first-order valence-electron chi connectivity index (χ1n) is 7.37. The summed E-state index contributed by atoms with van der Waals surface area (Å²) in [6.07, 6.45) is 8.65. The van der Waals surface area contributed by atoms with Gasteiger partial charge in [0.25, 0.3) is 0 Å². The minimum atomic E-state index is -0.112. The number of hydrogen-bond donors (Lipinski definition) is 1. The van der Waals surface area contributed by atoms with Crippen LogP contribution in [0.1, 0.15) is 51.4 Å². The van der Waals surface area contributed by atoms with E-state index in [4.69, 9.17) is 19.3 Å². The van der Waals surface area contributed by atoms with Gasteiger partial charge in [0, 0.05) is 19.8 Å². The van der Waals surface area contributed by atoms with Crippen LogP contribution in [-0.4, -0.2) is 43.4 Å². The smallest absolute Gasteiger partial charge is 0.157 e. The SMILES string of the molecule is O[C@H]1C[C@H](OCCCCCOC2CCCCO2)C1. The molecule has 0 amide bonds. The summed E-state index contributed by atoms with van der Waals surface area (Å²) < 4.78 is 16.8. The molecule has 0 bridgehead atoms. The van der Waals surface area contributed by atoms with Crippen LogP contribution in [0, 0.1) is 0 Å². The summed E-state index contributed by atoms with van der Waals surface area (Å²) in [4.78, 5) is 0. The van der Waals surface area contributed by atoms with E-state index in [9.17, 15) is 0 Å². The van der Waals surface area contributed by atoms with E-state index in [0.29, 0.717) is 6.10 Å². The number of ether oxygens (including phenoxy) is 3. The zero-order chi connectivity index (χ0) is 12.6. The zero-order valence-corrected chi connectivity index (χ0v) is 11.2. The highest BCUT2D eigenvalue weighted by atomic mass is 16.7. The van der Waals surface area contributed by atoms with E-state index >= 15 is 0 Å². The zero-order valence-electron chi connectivity index (χ0n) is 11.2. The van der Waals surface area contributed by atoms with E-state index in [0.717, 1.165) is 58.3 Å². The Balaban J connectivity index is 1.33. The van der Waals surface area contributed by atoms with Crippen molar-refractivity contribution < 1.29 is 19.3 Å². The van der Waals surface area contributed by atoms with Crippen molar-refractivity contribution in [2.24, 2.45) is 0 Å². The highest BCUT2D eigenvalue weighted by molar-refractivity contribution is 4.78. The van der Waals surface area contributed by atoms with Crippen LogP contribution >= 0.6 is 0 Å². The van der Waals surface area contributed by atoms with Gasteiger partial charge in [-0.2, -0.15) is 0 Å². The maximum Gasteiger partial charge on any atom is 0.157 e. The Kier molecular flexibility index (Phi) is 6.41. The van der Waals surface area contributed by atoms with Gasteiger partial charge >= 0.3 is 0 Å². The van der Waals surface area contributed by atoms with Crippen LogP contribution < -0.4 is 0 Å². The van der Waals surface area contributed by atoms with Crippen molar-refractivity contribution in [3.05, 3.63) is 0 Å². The molecule has 2 aliphatic rings. The van der Waals surface area contributed by atoms with Gasteiger partial charge in [-0.25, -0.2) is 0 Å². The molecule has 1 N–H and O–H groups in total. The fourth-order valence-corrected chi connectivity index (χ4v) is 2.36. The van der Waals surface area contributed by atoms with Gasteiger partial charge in [0.05, 0.1) is 12.2 Å². The van der Waals surface area contributed by atoms with Gasteiger partial charge in [0.15, 0.2) is 6.29 Å². The van der Waals surface area contributed by atoms with Crippen LogP contribution in [0.2, 0.25) is 0 Å². The van der Waals surface area contributed by atoms with Crippen molar-refractivity contribution in [3.63, 3.8) is 0 Å². The second-order valence-corrected chi connectivity index (χ2v) is 5.35. The van der Waals surface area contributed by atoms with Gasteiger partial charge in [-0.05, 0) is 51.4 Å². The molecule has 0 aromatic heterocycles. The summed E-state index contributed by atoms with van der Waals surface area (Å²) in [6, 6.07) is 0. The number of rotatable bonds is 8.